The molecule has 0 unspecified atom stereocenters. The summed E-state index contributed by atoms with van der Waals surface area (Å²) in [5.74, 6) is 1.86. The van der Waals surface area contributed by atoms with Gasteiger partial charge < -0.3 is 15.2 Å². The first-order valence-corrected chi connectivity index (χ1v) is 5.78. The highest BCUT2D eigenvalue weighted by atomic mass is 15.2. The molecule has 1 aromatic heterocycles. The Morgan fingerprint density at radius 3 is 3.00 bits per heavy atom. The second-order valence-corrected chi connectivity index (χ2v) is 4.27. The molecular weight excluding hydrogens is 188 g/mol. The topological polar surface area (TPSA) is 41.9 Å². The highest BCUT2D eigenvalue weighted by molar-refractivity contribution is 5.24. The van der Waals surface area contributed by atoms with Crippen LogP contribution in [0.4, 0.5) is 5.95 Å². The van der Waals surface area contributed by atoms with E-state index in [1.807, 2.05) is 24.0 Å². The minimum atomic E-state index is 0.888. The number of aromatic nitrogens is 2. The van der Waals surface area contributed by atoms with E-state index in [0.717, 1.165) is 18.4 Å². The first kappa shape index (κ1) is 10.5. The maximum Gasteiger partial charge on any atom is 0.202 e. The van der Waals surface area contributed by atoms with E-state index < -0.39 is 0 Å². The van der Waals surface area contributed by atoms with Crippen LogP contribution >= 0.6 is 0 Å². The van der Waals surface area contributed by atoms with Crippen molar-refractivity contribution in [3.8, 4) is 0 Å². The lowest BCUT2D eigenvalue weighted by Gasteiger charge is -2.22. The first-order chi connectivity index (χ1) is 7.36. The van der Waals surface area contributed by atoms with Crippen LogP contribution in [0.5, 0.6) is 0 Å². The van der Waals surface area contributed by atoms with Gasteiger partial charge in [-0.2, -0.15) is 0 Å². The molecule has 2 rings (SSSR count). The molecule has 1 aliphatic rings. The number of anilines is 1. The van der Waals surface area contributed by atoms with Gasteiger partial charge in [0, 0.05) is 26.0 Å². The summed E-state index contributed by atoms with van der Waals surface area (Å²) in [6, 6.07) is 0. The highest BCUT2D eigenvalue weighted by Crippen LogP contribution is 2.15. The van der Waals surface area contributed by atoms with Gasteiger partial charge in [-0.05, 0) is 38.3 Å². The highest BCUT2D eigenvalue weighted by Gasteiger charge is 2.12. The molecule has 0 aliphatic carbocycles. The number of aryl methyl sites for hydroxylation is 1. The summed E-state index contributed by atoms with van der Waals surface area (Å²) >= 11 is 0. The minimum Gasteiger partial charge on any atom is -0.356 e. The van der Waals surface area contributed by atoms with Gasteiger partial charge >= 0.3 is 0 Å². The molecule has 1 aliphatic heterocycles. The largest absolute Gasteiger partial charge is 0.356 e. The van der Waals surface area contributed by atoms with Gasteiger partial charge in [-0.3, -0.25) is 0 Å². The van der Waals surface area contributed by atoms with Crippen LogP contribution in [0, 0.1) is 5.92 Å². The molecule has 2 heterocycles. The molecule has 4 heteroatoms. The average Bonchev–Trinajstić information content (AvgIpc) is 2.66. The van der Waals surface area contributed by atoms with Crippen LogP contribution in [0.15, 0.2) is 12.4 Å². The van der Waals surface area contributed by atoms with Crippen LogP contribution in [0.2, 0.25) is 0 Å². The van der Waals surface area contributed by atoms with E-state index in [-0.39, 0.29) is 0 Å². The quantitative estimate of drug-likeness (QED) is 0.782. The monoisotopic (exact) mass is 208 g/mol. The van der Waals surface area contributed by atoms with Gasteiger partial charge in [0.25, 0.3) is 0 Å². The Bertz CT molecular complexity index is 289. The van der Waals surface area contributed by atoms with Gasteiger partial charge in [-0.1, -0.05) is 0 Å². The molecule has 0 atom stereocenters. The number of hydrogen-bond acceptors (Lipinski definition) is 3. The average molecular weight is 208 g/mol. The summed E-state index contributed by atoms with van der Waals surface area (Å²) in [4.78, 5) is 4.24. The van der Waals surface area contributed by atoms with Crippen molar-refractivity contribution in [2.24, 2.45) is 13.0 Å². The number of nitrogens with zero attached hydrogens (tertiary/aromatic N) is 2. The molecular formula is C11H20N4. The molecule has 2 N–H and O–H groups in total. The van der Waals surface area contributed by atoms with Gasteiger partial charge in [-0.25, -0.2) is 4.98 Å². The Kier molecular flexibility index (Phi) is 3.61. The van der Waals surface area contributed by atoms with Crippen LogP contribution in [-0.2, 0) is 7.05 Å². The molecule has 0 spiro atoms. The van der Waals surface area contributed by atoms with Crippen molar-refractivity contribution < 1.29 is 0 Å². The molecule has 0 saturated carbocycles. The van der Waals surface area contributed by atoms with Crippen LogP contribution < -0.4 is 10.6 Å². The second kappa shape index (κ2) is 5.16. The van der Waals surface area contributed by atoms with Crippen molar-refractivity contribution in [1.82, 2.24) is 14.9 Å². The van der Waals surface area contributed by atoms with Crippen molar-refractivity contribution in [2.75, 3.05) is 25.0 Å². The molecule has 1 aromatic rings. The lowest BCUT2D eigenvalue weighted by molar-refractivity contribution is 0.361. The maximum absolute atomic E-state index is 4.24. The van der Waals surface area contributed by atoms with E-state index in [1.165, 1.54) is 32.4 Å². The van der Waals surface area contributed by atoms with Crippen LogP contribution in [0.3, 0.4) is 0 Å². The first-order valence-electron chi connectivity index (χ1n) is 5.78. The van der Waals surface area contributed by atoms with E-state index in [2.05, 4.69) is 15.6 Å². The van der Waals surface area contributed by atoms with Gasteiger partial charge in [0.15, 0.2) is 0 Å². The Labute approximate surface area is 91.1 Å². The van der Waals surface area contributed by atoms with E-state index in [1.54, 1.807) is 0 Å². The zero-order valence-electron chi connectivity index (χ0n) is 9.37. The summed E-state index contributed by atoms with van der Waals surface area (Å²) in [5, 5.41) is 6.76. The van der Waals surface area contributed by atoms with Crippen molar-refractivity contribution in [1.29, 1.82) is 0 Å². The lowest BCUT2D eigenvalue weighted by Crippen LogP contribution is -2.28. The number of nitrogens with one attached hydrogen (secondary N) is 2. The third-order valence-corrected chi connectivity index (χ3v) is 3.12. The molecule has 15 heavy (non-hydrogen) atoms. The number of hydrogen-bond donors (Lipinski definition) is 2. The smallest absolute Gasteiger partial charge is 0.202 e. The fraction of sp³-hybridized carbons (Fsp3) is 0.727. The van der Waals surface area contributed by atoms with Crippen molar-refractivity contribution >= 4 is 5.95 Å². The number of imidazole rings is 1. The fourth-order valence-electron chi connectivity index (χ4n) is 2.09. The summed E-state index contributed by atoms with van der Waals surface area (Å²) in [6.07, 6.45) is 7.69. The second-order valence-electron chi connectivity index (χ2n) is 4.27. The van der Waals surface area contributed by atoms with Gasteiger partial charge in [0.2, 0.25) is 5.95 Å². The molecule has 0 aromatic carbocycles. The lowest BCUT2D eigenvalue weighted by atomic mass is 9.95. The molecule has 84 valence electrons. The van der Waals surface area contributed by atoms with Crippen LogP contribution in [-0.4, -0.2) is 29.2 Å². The van der Waals surface area contributed by atoms with Crippen molar-refractivity contribution in [3.05, 3.63) is 12.4 Å². The Morgan fingerprint density at radius 1 is 1.53 bits per heavy atom. The zero-order chi connectivity index (χ0) is 10.5. The van der Waals surface area contributed by atoms with Crippen LogP contribution in [0.25, 0.3) is 0 Å². The van der Waals surface area contributed by atoms with Gasteiger partial charge in [-0.15, -0.1) is 0 Å². The Hall–Kier alpha value is -1.03. The summed E-state index contributed by atoms with van der Waals surface area (Å²) in [6.45, 7) is 3.41. The predicted octanol–water partition coefficient (Wildman–Crippen LogP) is 1.22. The SMILES string of the molecule is Cn1ccnc1NCCC1CCNCC1. The van der Waals surface area contributed by atoms with E-state index >= 15 is 0 Å². The molecule has 1 fully saturated rings. The van der Waals surface area contributed by atoms with Gasteiger partial charge in [0.05, 0.1) is 0 Å². The Morgan fingerprint density at radius 2 is 2.33 bits per heavy atom. The number of piperidine rings is 1. The van der Waals surface area contributed by atoms with Gasteiger partial charge in [0.1, 0.15) is 0 Å². The third kappa shape index (κ3) is 2.96. The summed E-state index contributed by atoms with van der Waals surface area (Å²) in [5.41, 5.74) is 0. The molecule has 0 amide bonds. The third-order valence-electron chi connectivity index (χ3n) is 3.12. The summed E-state index contributed by atoms with van der Waals surface area (Å²) in [7, 11) is 2.01. The normalized spacial score (nSPS) is 17.9. The standard InChI is InChI=1S/C11H20N4/c1-15-9-8-14-11(15)13-7-4-10-2-5-12-6-3-10/h8-10,12H,2-7H2,1H3,(H,13,14). The van der Waals surface area contributed by atoms with Crippen molar-refractivity contribution in [2.45, 2.75) is 19.3 Å². The van der Waals surface area contributed by atoms with Crippen LogP contribution in [0.1, 0.15) is 19.3 Å². The zero-order valence-corrected chi connectivity index (χ0v) is 9.37. The molecule has 0 bridgehead atoms. The molecule has 4 nitrogen and oxygen atoms in total. The number of rotatable bonds is 4. The molecule has 1 saturated heterocycles. The Balaban J connectivity index is 1.68. The predicted molar refractivity (Wildman–Crippen MR) is 61.9 cm³/mol. The van der Waals surface area contributed by atoms with Crippen molar-refractivity contribution in [3.63, 3.8) is 0 Å². The maximum atomic E-state index is 4.24. The minimum absolute atomic E-state index is 0.888. The van der Waals surface area contributed by atoms with E-state index in [9.17, 15) is 0 Å². The van der Waals surface area contributed by atoms with E-state index in [0.29, 0.717) is 0 Å². The molecule has 0 radical (unpaired) electrons. The van der Waals surface area contributed by atoms with E-state index in [4.69, 9.17) is 0 Å². The fourth-order valence-corrected chi connectivity index (χ4v) is 2.09. The summed E-state index contributed by atoms with van der Waals surface area (Å²) < 4.78 is 2.02.